The van der Waals surface area contributed by atoms with E-state index in [0.717, 1.165) is 17.4 Å². The van der Waals surface area contributed by atoms with Crippen molar-refractivity contribution >= 4 is 34.2 Å². The lowest BCUT2D eigenvalue weighted by Crippen LogP contribution is -2.34. The highest BCUT2D eigenvalue weighted by Gasteiger charge is 2.33. The smallest absolute Gasteiger partial charge is 0.254 e. The van der Waals surface area contributed by atoms with Crippen molar-refractivity contribution in [3.63, 3.8) is 0 Å². The first-order valence-corrected chi connectivity index (χ1v) is 7.99. The van der Waals surface area contributed by atoms with Crippen LogP contribution in [0, 0.1) is 5.92 Å². The van der Waals surface area contributed by atoms with E-state index in [4.69, 9.17) is 15.2 Å². The molecule has 1 fully saturated rings. The number of halogens is 2. The molecule has 0 bridgehead atoms. The Hall–Kier alpha value is -0.980. The molecule has 0 radical (unpaired) electrons. The van der Waals surface area contributed by atoms with E-state index in [0.29, 0.717) is 42.7 Å². The standard InChI is InChI=1S/C15H19BrN2O3.ClH/c1-9-4-10(7-17)8-18(9)15(19)11-5-12(16)14-13(6-11)20-2-3-21-14;/h5-6,9-10H,2-4,7-8,17H2,1H3;1H. The molecule has 1 amide bonds. The van der Waals surface area contributed by atoms with Crippen LogP contribution in [-0.4, -0.2) is 43.2 Å². The molecule has 1 aromatic carbocycles. The van der Waals surface area contributed by atoms with Gasteiger partial charge >= 0.3 is 0 Å². The van der Waals surface area contributed by atoms with Crippen molar-refractivity contribution in [2.45, 2.75) is 19.4 Å². The zero-order chi connectivity index (χ0) is 15.0. The zero-order valence-corrected chi connectivity index (χ0v) is 14.8. The van der Waals surface area contributed by atoms with Gasteiger partial charge < -0.3 is 20.1 Å². The molecule has 2 N–H and O–H groups in total. The third-order valence-corrected chi connectivity index (χ3v) is 4.69. The van der Waals surface area contributed by atoms with Crippen molar-refractivity contribution in [3.8, 4) is 11.5 Å². The number of likely N-dealkylation sites (tertiary alicyclic amines) is 1. The summed E-state index contributed by atoms with van der Waals surface area (Å²) in [6.07, 6.45) is 0.966. The highest BCUT2D eigenvalue weighted by Crippen LogP contribution is 2.39. The van der Waals surface area contributed by atoms with E-state index in [1.807, 2.05) is 4.90 Å². The summed E-state index contributed by atoms with van der Waals surface area (Å²) in [5.74, 6) is 1.72. The van der Waals surface area contributed by atoms with Crippen molar-refractivity contribution in [2.75, 3.05) is 26.3 Å². The minimum absolute atomic E-state index is 0. The average Bonchev–Trinajstić information content (AvgIpc) is 2.87. The van der Waals surface area contributed by atoms with Gasteiger partial charge in [0.2, 0.25) is 0 Å². The lowest BCUT2D eigenvalue weighted by Gasteiger charge is -2.24. The molecule has 0 saturated carbocycles. The Morgan fingerprint density at radius 3 is 2.82 bits per heavy atom. The fourth-order valence-corrected chi connectivity index (χ4v) is 3.55. The van der Waals surface area contributed by atoms with Crippen LogP contribution >= 0.6 is 28.3 Å². The Balaban J connectivity index is 0.00000176. The Kier molecular flexibility index (Phi) is 5.58. The first-order chi connectivity index (χ1) is 10.1. The summed E-state index contributed by atoms with van der Waals surface area (Å²) in [4.78, 5) is 14.6. The Labute approximate surface area is 144 Å². The molecular formula is C15H20BrClN2O3. The minimum atomic E-state index is 0. The number of benzene rings is 1. The summed E-state index contributed by atoms with van der Waals surface area (Å²) in [5, 5.41) is 0. The van der Waals surface area contributed by atoms with Gasteiger partial charge in [-0.3, -0.25) is 4.79 Å². The predicted molar refractivity (Wildman–Crippen MR) is 90.0 cm³/mol. The summed E-state index contributed by atoms with van der Waals surface area (Å²) >= 11 is 3.45. The third kappa shape index (κ3) is 3.19. The van der Waals surface area contributed by atoms with Gasteiger partial charge in [0, 0.05) is 18.2 Å². The average molecular weight is 392 g/mol. The molecule has 0 aromatic heterocycles. The Morgan fingerprint density at radius 1 is 1.41 bits per heavy atom. The fraction of sp³-hybridized carbons (Fsp3) is 0.533. The number of carbonyl (C=O) groups is 1. The van der Waals surface area contributed by atoms with Crippen LogP contribution in [0.5, 0.6) is 11.5 Å². The van der Waals surface area contributed by atoms with Gasteiger partial charge in [-0.05, 0) is 53.9 Å². The van der Waals surface area contributed by atoms with Crippen LogP contribution in [0.15, 0.2) is 16.6 Å². The van der Waals surface area contributed by atoms with Crippen LogP contribution in [0.25, 0.3) is 0 Å². The van der Waals surface area contributed by atoms with Crippen LogP contribution < -0.4 is 15.2 Å². The first-order valence-electron chi connectivity index (χ1n) is 7.20. The maximum absolute atomic E-state index is 12.7. The summed E-state index contributed by atoms with van der Waals surface area (Å²) < 4.78 is 11.9. The van der Waals surface area contributed by atoms with Crippen LogP contribution in [0.3, 0.4) is 0 Å². The van der Waals surface area contributed by atoms with E-state index in [1.165, 1.54) is 0 Å². The zero-order valence-electron chi connectivity index (χ0n) is 12.4. The highest BCUT2D eigenvalue weighted by atomic mass is 79.9. The number of fused-ring (bicyclic) bond motifs is 1. The van der Waals surface area contributed by atoms with Gasteiger partial charge in [0.1, 0.15) is 13.2 Å². The van der Waals surface area contributed by atoms with Gasteiger partial charge in [-0.15, -0.1) is 12.4 Å². The lowest BCUT2D eigenvalue weighted by molar-refractivity contribution is 0.0742. The fourth-order valence-electron chi connectivity index (χ4n) is 3.00. The number of hydrogen-bond donors (Lipinski definition) is 1. The number of carbonyl (C=O) groups excluding carboxylic acids is 1. The molecule has 1 saturated heterocycles. The number of nitrogens with two attached hydrogens (primary N) is 1. The van der Waals surface area contributed by atoms with Crippen LogP contribution in [-0.2, 0) is 0 Å². The van der Waals surface area contributed by atoms with E-state index >= 15 is 0 Å². The number of nitrogens with zero attached hydrogens (tertiary/aromatic N) is 1. The summed E-state index contributed by atoms with van der Waals surface area (Å²) in [7, 11) is 0. The summed E-state index contributed by atoms with van der Waals surface area (Å²) in [5.41, 5.74) is 6.35. The molecule has 7 heteroatoms. The monoisotopic (exact) mass is 390 g/mol. The molecule has 22 heavy (non-hydrogen) atoms. The van der Waals surface area contributed by atoms with Crippen molar-refractivity contribution in [1.82, 2.24) is 4.90 Å². The van der Waals surface area contributed by atoms with E-state index in [1.54, 1.807) is 12.1 Å². The number of rotatable bonds is 2. The molecule has 2 atom stereocenters. The van der Waals surface area contributed by atoms with Crippen molar-refractivity contribution in [2.24, 2.45) is 11.7 Å². The molecule has 2 heterocycles. The topological polar surface area (TPSA) is 64.8 Å². The molecule has 2 unspecified atom stereocenters. The van der Waals surface area contributed by atoms with Crippen molar-refractivity contribution in [1.29, 1.82) is 0 Å². The van der Waals surface area contributed by atoms with Gasteiger partial charge in [0.25, 0.3) is 5.91 Å². The highest BCUT2D eigenvalue weighted by molar-refractivity contribution is 9.10. The van der Waals surface area contributed by atoms with Crippen LogP contribution in [0.4, 0.5) is 0 Å². The van der Waals surface area contributed by atoms with Crippen LogP contribution in [0.2, 0.25) is 0 Å². The molecular weight excluding hydrogens is 372 g/mol. The quantitative estimate of drug-likeness (QED) is 0.841. The maximum atomic E-state index is 12.7. The second-order valence-corrected chi connectivity index (χ2v) is 6.48. The number of hydrogen-bond acceptors (Lipinski definition) is 4. The molecule has 2 aliphatic rings. The number of ether oxygens (including phenoxy) is 2. The normalized spacial score (nSPS) is 23.1. The second kappa shape index (κ2) is 7.06. The Bertz CT molecular complexity index is 570. The molecule has 3 rings (SSSR count). The second-order valence-electron chi connectivity index (χ2n) is 5.63. The third-order valence-electron chi connectivity index (χ3n) is 4.10. The molecule has 0 spiro atoms. The van der Waals surface area contributed by atoms with Gasteiger partial charge in [-0.2, -0.15) is 0 Å². The van der Waals surface area contributed by atoms with E-state index in [9.17, 15) is 4.79 Å². The Morgan fingerprint density at radius 2 is 2.14 bits per heavy atom. The summed E-state index contributed by atoms with van der Waals surface area (Å²) in [6.45, 7) is 4.45. The number of amides is 1. The molecule has 0 aliphatic carbocycles. The largest absolute Gasteiger partial charge is 0.486 e. The van der Waals surface area contributed by atoms with Gasteiger partial charge in [0.05, 0.1) is 4.47 Å². The first kappa shape index (κ1) is 17.4. The molecule has 122 valence electrons. The molecule has 1 aromatic rings. The molecule has 2 aliphatic heterocycles. The molecule has 5 nitrogen and oxygen atoms in total. The SMILES string of the molecule is CC1CC(CN)CN1C(=O)c1cc(Br)c2c(c1)OCCO2.Cl. The van der Waals surface area contributed by atoms with Crippen LogP contribution in [0.1, 0.15) is 23.7 Å². The minimum Gasteiger partial charge on any atom is -0.486 e. The van der Waals surface area contributed by atoms with Gasteiger partial charge in [0.15, 0.2) is 11.5 Å². The lowest BCUT2D eigenvalue weighted by atomic mass is 10.1. The van der Waals surface area contributed by atoms with Gasteiger partial charge in [-0.25, -0.2) is 0 Å². The maximum Gasteiger partial charge on any atom is 0.254 e. The van der Waals surface area contributed by atoms with Crippen molar-refractivity contribution < 1.29 is 14.3 Å². The van der Waals surface area contributed by atoms with E-state index in [-0.39, 0.29) is 24.4 Å². The van der Waals surface area contributed by atoms with Crippen molar-refractivity contribution in [3.05, 3.63) is 22.2 Å². The summed E-state index contributed by atoms with van der Waals surface area (Å²) in [6, 6.07) is 3.79. The van der Waals surface area contributed by atoms with E-state index < -0.39 is 0 Å². The van der Waals surface area contributed by atoms with E-state index in [2.05, 4.69) is 22.9 Å². The predicted octanol–water partition coefficient (Wildman–Crippen LogP) is 2.45. The van der Waals surface area contributed by atoms with Gasteiger partial charge in [-0.1, -0.05) is 0 Å².